The Morgan fingerprint density at radius 2 is 1.58 bits per heavy atom. The van der Waals surface area contributed by atoms with Crippen molar-refractivity contribution in [1.82, 2.24) is 0 Å². The number of unbranched alkanes of at least 4 members (excludes halogenated alkanes) is 2. The summed E-state index contributed by atoms with van der Waals surface area (Å²) in [7, 11) is 4.18. The SMILES string of the molecule is CCCCCOC(=O)C(CC(C)CC(C)(C)C)C(=O)c1c(OC)cccc1OC.O=[PH2+]. The maximum atomic E-state index is 13.5. The Labute approximate surface area is 189 Å². The predicted octanol–water partition coefficient (Wildman–Crippen LogP) is 5.91. The highest BCUT2D eigenvalue weighted by Crippen LogP contribution is 2.34. The van der Waals surface area contributed by atoms with E-state index in [0.29, 0.717) is 30.1 Å². The van der Waals surface area contributed by atoms with Crippen LogP contribution in [0.1, 0.15) is 77.1 Å². The summed E-state index contributed by atoms with van der Waals surface area (Å²) in [4.78, 5) is 26.4. The van der Waals surface area contributed by atoms with Gasteiger partial charge in [-0.05, 0) is 42.7 Å². The zero-order valence-electron chi connectivity index (χ0n) is 20.2. The van der Waals surface area contributed by atoms with Crippen molar-refractivity contribution in [2.75, 3.05) is 20.8 Å². The normalized spacial score (nSPS) is 12.7. The van der Waals surface area contributed by atoms with Crippen molar-refractivity contribution < 1.29 is 28.4 Å². The molecule has 0 aromatic heterocycles. The Morgan fingerprint density at radius 1 is 1.03 bits per heavy atom. The van der Waals surface area contributed by atoms with Gasteiger partial charge in [-0.1, -0.05) is 58.1 Å². The summed E-state index contributed by atoms with van der Waals surface area (Å²) in [6.45, 7) is 11.0. The Bertz CT molecular complexity index is 661. The number of carbonyl (C=O) groups excluding carboxylic acids is 2. The average molecular weight is 456 g/mol. The second kappa shape index (κ2) is 15.0. The van der Waals surface area contributed by atoms with E-state index in [-0.39, 0.29) is 17.1 Å². The molecule has 0 bridgehead atoms. The minimum atomic E-state index is -0.876. The Kier molecular flexibility index (Phi) is 14.0. The van der Waals surface area contributed by atoms with Gasteiger partial charge in [0.2, 0.25) is 0 Å². The van der Waals surface area contributed by atoms with Crippen molar-refractivity contribution in [2.45, 2.75) is 66.7 Å². The van der Waals surface area contributed by atoms with Crippen LogP contribution < -0.4 is 9.47 Å². The van der Waals surface area contributed by atoms with Gasteiger partial charge >= 0.3 is 15.1 Å². The molecular weight excluding hydrogens is 415 g/mol. The minimum absolute atomic E-state index is 0.111. The number of ketones is 1. The van der Waals surface area contributed by atoms with Crippen molar-refractivity contribution in [1.29, 1.82) is 0 Å². The summed E-state index contributed by atoms with van der Waals surface area (Å²) in [5.41, 5.74) is 0.413. The second-order valence-electron chi connectivity index (χ2n) is 8.93. The van der Waals surface area contributed by atoms with Gasteiger partial charge in [-0.3, -0.25) is 9.59 Å². The number of rotatable bonds is 12. The summed E-state index contributed by atoms with van der Waals surface area (Å²) in [6.07, 6.45) is 4.18. The molecule has 176 valence electrons. The third-order valence-electron chi connectivity index (χ3n) is 4.87. The molecule has 6 nitrogen and oxygen atoms in total. The van der Waals surface area contributed by atoms with E-state index in [1.807, 2.05) is 0 Å². The molecule has 7 heteroatoms. The van der Waals surface area contributed by atoms with Gasteiger partial charge in [-0.15, -0.1) is 0 Å². The van der Waals surface area contributed by atoms with Gasteiger partial charge < -0.3 is 14.2 Å². The Hall–Kier alpha value is -1.94. The highest BCUT2D eigenvalue weighted by molar-refractivity contribution is 7.00. The number of benzene rings is 1. The number of carbonyl (C=O) groups is 2. The number of esters is 1. The molecule has 31 heavy (non-hydrogen) atoms. The van der Waals surface area contributed by atoms with Crippen LogP contribution in [0, 0.1) is 17.3 Å². The fraction of sp³-hybridized carbons (Fsp3) is 0.667. The molecule has 0 heterocycles. The summed E-state index contributed by atoms with van der Waals surface area (Å²) in [5, 5.41) is 0. The smallest absolute Gasteiger partial charge is 0.316 e. The van der Waals surface area contributed by atoms with Gasteiger partial charge in [0.05, 0.1) is 20.8 Å². The molecular formula is C24H40O6P+. The first-order valence-corrected chi connectivity index (χ1v) is 11.3. The molecule has 0 aliphatic rings. The first kappa shape index (κ1) is 29.1. The van der Waals surface area contributed by atoms with E-state index >= 15 is 0 Å². The number of ether oxygens (including phenoxy) is 3. The zero-order chi connectivity index (χ0) is 24.0. The molecule has 0 saturated heterocycles. The molecule has 1 rings (SSSR count). The molecule has 0 amide bonds. The fourth-order valence-corrected chi connectivity index (χ4v) is 3.74. The van der Waals surface area contributed by atoms with Crippen LogP contribution in [0.5, 0.6) is 11.5 Å². The number of hydrogen-bond acceptors (Lipinski definition) is 6. The number of methoxy groups -OCH3 is 2. The van der Waals surface area contributed by atoms with Crippen molar-refractivity contribution >= 4 is 20.9 Å². The molecule has 0 saturated carbocycles. The molecule has 1 aromatic carbocycles. The quantitative estimate of drug-likeness (QED) is 0.128. The van der Waals surface area contributed by atoms with Crippen LogP contribution in [0.4, 0.5) is 0 Å². The lowest BCUT2D eigenvalue weighted by atomic mass is 9.80. The standard InChI is InChI=1S/C24H38O5.H2OP/c1-8-9-10-14-29-23(26)18(15-17(2)16-24(3,4)5)22(25)21-19(27-6)12-11-13-20(21)28-7;1-2/h11-13,17-18H,8-10,14-16H2,1-7H3;2H2/q;+1. The van der Waals surface area contributed by atoms with E-state index < -0.39 is 11.9 Å². The topological polar surface area (TPSA) is 78.9 Å². The summed E-state index contributed by atoms with van der Waals surface area (Å²) >= 11 is 0. The lowest BCUT2D eigenvalue weighted by molar-refractivity contribution is -0.147. The van der Waals surface area contributed by atoms with E-state index in [9.17, 15) is 9.59 Å². The van der Waals surface area contributed by atoms with Crippen molar-refractivity contribution in [2.24, 2.45) is 17.3 Å². The van der Waals surface area contributed by atoms with Crippen LogP contribution in [-0.4, -0.2) is 32.6 Å². The molecule has 3 unspecified atom stereocenters. The molecule has 1 aromatic rings. The average Bonchev–Trinajstić information content (AvgIpc) is 2.73. The van der Waals surface area contributed by atoms with Gasteiger partial charge in [0, 0.05) is 0 Å². The van der Waals surface area contributed by atoms with Gasteiger partial charge in [-0.2, -0.15) is 0 Å². The predicted molar refractivity (Wildman–Crippen MR) is 126 cm³/mol. The van der Waals surface area contributed by atoms with Crippen molar-refractivity contribution in [3.8, 4) is 11.5 Å². The highest BCUT2D eigenvalue weighted by Gasteiger charge is 2.35. The molecule has 0 N–H and O–H groups in total. The Morgan fingerprint density at radius 3 is 2.03 bits per heavy atom. The molecule has 0 aliphatic heterocycles. The van der Waals surface area contributed by atoms with Crippen LogP contribution in [0.3, 0.4) is 0 Å². The van der Waals surface area contributed by atoms with E-state index in [1.54, 1.807) is 18.2 Å². The molecule has 3 atom stereocenters. The highest BCUT2D eigenvalue weighted by atomic mass is 31.0. The lowest BCUT2D eigenvalue weighted by Gasteiger charge is -2.26. The Balaban J connectivity index is 0.00000436. The van der Waals surface area contributed by atoms with Crippen LogP contribution in [0.15, 0.2) is 18.2 Å². The van der Waals surface area contributed by atoms with E-state index in [1.165, 1.54) is 23.3 Å². The molecule has 0 fully saturated rings. The molecule has 0 aliphatic carbocycles. The number of hydrogen-bond donors (Lipinski definition) is 0. The lowest BCUT2D eigenvalue weighted by Crippen LogP contribution is -2.30. The van der Waals surface area contributed by atoms with Crippen LogP contribution in [0.25, 0.3) is 0 Å². The molecule has 0 radical (unpaired) electrons. The summed E-state index contributed by atoms with van der Waals surface area (Å²) < 4.78 is 24.4. The van der Waals surface area contributed by atoms with Gasteiger partial charge in [0.1, 0.15) is 23.0 Å². The second-order valence-corrected chi connectivity index (χ2v) is 8.93. The van der Waals surface area contributed by atoms with Crippen LogP contribution in [0.2, 0.25) is 0 Å². The van der Waals surface area contributed by atoms with Crippen molar-refractivity contribution in [3.63, 3.8) is 0 Å². The van der Waals surface area contributed by atoms with Crippen LogP contribution >= 0.6 is 9.12 Å². The van der Waals surface area contributed by atoms with Gasteiger partial charge in [-0.25, -0.2) is 0 Å². The molecule has 0 spiro atoms. The monoisotopic (exact) mass is 455 g/mol. The minimum Gasteiger partial charge on any atom is -0.496 e. The van der Waals surface area contributed by atoms with Crippen LogP contribution in [-0.2, 0) is 14.1 Å². The third-order valence-corrected chi connectivity index (χ3v) is 4.87. The first-order valence-electron chi connectivity index (χ1n) is 10.8. The van der Waals surface area contributed by atoms with E-state index in [2.05, 4.69) is 34.6 Å². The number of Topliss-reactive ketones (excluding diaryl/α,β-unsaturated/α-hetero) is 1. The maximum Gasteiger partial charge on any atom is 0.316 e. The largest absolute Gasteiger partial charge is 0.496 e. The summed E-state index contributed by atoms with van der Waals surface area (Å²) in [6, 6.07) is 5.17. The van der Waals surface area contributed by atoms with Gasteiger partial charge in [0.25, 0.3) is 0 Å². The summed E-state index contributed by atoms with van der Waals surface area (Å²) in [5.74, 6) is -0.643. The van der Waals surface area contributed by atoms with Crippen molar-refractivity contribution in [3.05, 3.63) is 23.8 Å². The van der Waals surface area contributed by atoms with E-state index in [0.717, 1.165) is 25.7 Å². The third kappa shape index (κ3) is 10.3. The zero-order valence-corrected chi connectivity index (χ0v) is 21.3. The first-order chi connectivity index (χ1) is 14.6. The van der Waals surface area contributed by atoms with Gasteiger partial charge in [0.15, 0.2) is 5.78 Å². The van der Waals surface area contributed by atoms with E-state index in [4.69, 9.17) is 18.8 Å². The maximum absolute atomic E-state index is 13.5. The fourth-order valence-electron chi connectivity index (χ4n) is 3.74.